The summed E-state index contributed by atoms with van der Waals surface area (Å²) >= 11 is 0. The smallest absolute Gasteiger partial charge is 0.165 e. The third-order valence-electron chi connectivity index (χ3n) is 4.75. The van der Waals surface area contributed by atoms with Gasteiger partial charge >= 0.3 is 0 Å². The van der Waals surface area contributed by atoms with Gasteiger partial charge in [0.05, 0.1) is 6.61 Å². The van der Waals surface area contributed by atoms with Crippen LogP contribution in [0.15, 0.2) is 12.1 Å². The molecule has 110 valence electrons. The van der Waals surface area contributed by atoms with Gasteiger partial charge in [-0.15, -0.1) is 0 Å². The lowest BCUT2D eigenvalue weighted by Crippen LogP contribution is -2.23. The lowest BCUT2D eigenvalue weighted by molar-refractivity contribution is 0.266. The molecule has 1 aromatic carbocycles. The van der Waals surface area contributed by atoms with Crippen molar-refractivity contribution in [2.45, 2.75) is 58.8 Å². The molecule has 2 aliphatic rings. The molecule has 0 amide bonds. The molecule has 1 fully saturated rings. The number of hydrogen-bond donors (Lipinski definition) is 0. The van der Waals surface area contributed by atoms with Crippen LogP contribution in [0.2, 0.25) is 0 Å². The SMILES string of the molecule is CC(C)(C)[C@@H]1CCCc2c1ccc(F)c2OCC1CC1. The predicted molar refractivity (Wildman–Crippen MR) is 79.8 cm³/mol. The van der Waals surface area contributed by atoms with E-state index in [0.717, 1.165) is 18.4 Å². The molecule has 2 heteroatoms. The maximum atomic E-state index is 14.1. The highest BCUT2D eigenvalue weighted by Gasteiger charge is 2.33. The van der Waals surface area contributed by atoms with Crippen LogP contribution in [0.25, 0.3) is 0 Å². The van der Waals surface area contributed by atoms with Gasteiger partial charge < -0.3 is 4.74 Å². The summed E-state index contributed by atoms with van der Waals surface area (Å²) < 4.78 is 20.0. The van der Waals surface area contributed by atoms with Crippen LogP contribution in [0.1, 0.15) is 63.5 Å². The normalized spacial score (nSPS) is 22.5. The molecule has 0 bridgehead atoms. The monoisotopic (exact) mass is 276 g/mol. The van der Waals surface area contributed by atoms with Crippen LogP contribution in [-0.4, -0.2) is 6.61 Å². The zero-order chi connectivity index (χ0) is 14.3. The Morgan fingerprint density at radius 3 is 2.60 bits per heavy atom. The lowest BCUT2D eigenvalue weighted by Gasteiger charge is -2.36. The van der Waals surface area contributed by atoms with E-state index in [1.807, 2.05) is 6.07 Å². The highest BCUT2D eigenvalue weighted by molar-refractivity contribution is 5.45. The molecule has 0 radical (unpaired) electrons. The van der Waals surface area contributed by atoms with Gasteiger partial charge in [0.25, 0.3) is 0 Å². The number of ether oxygens (including phenoxy) is 1. The molecule has 1 atom stereocenters. The minimum Gasteiger partial charge on any atom is -0.490 e. The van der Waals surface area contributed by atoms with Gasteiger partial charge in [0, 0.05) is 5.56 Å². The van der Waals surface area contributed by atoms with Crippen LogP contribution >= 0.6 is 0 Å². The molecule has 0 saturated heterocycles. The van der Waals surface area contributed by atoms with E-state index in [-0.39, 0.29) is 11.2 Å². The Morgan fingerprint density at radius 1 is 1.20 bits per heavy atom. The topological polar surface area (TPSA) is 9.23 Å². The fraction of sp³-hybridized carbons (Fsp3) is 0.667. The molecule has 3 rings (SSSR count). The van der Waals surface area contributed by atoms with Crippen molar-refractivity contribution < 1.29 is 9.13 Å². The largest absolute Gasteiger partial charge is 0.490 e. The number of hydrogen-bond acceptors (Lipinski definition) is 1. The first-order chi connectivity index (χ1) is 9.47. The van der Waals surface area contributed by atoms with Gasteiger partial charge in [0.15, 0.2) is 11.6 Å². The highest BCUT2D eigenvalue weighted by Crippen LogP contribution is 2.46. The van der Waals surface area contributed by atoms with Crippen LogP contribution < -0.4 is 4.74 Å². The molecule has 0 aromatic heterocycles. The Balaban J connectivity index is 1.94. The average molecular weight is 276 g/mol. The van der Waals surface area contributed by atoms with Crippen molar-refractivity contribution in [3.8, 4) is 5.75 Å². The molecule has 2 aliphatic carbocycles. The van der Waals surface area contributed by atoms with Gasteiger partial charge in [-0.1, -0.05) is 26.8 Å². The van der Waals surface area contributed by atoms with E-state index >= 15 is 0 Å². The molecule has 0 unspecified atom stereocenters. The number of rotatable bonds is 3. The summed E-state index contributed by atoms with van der Waals surface area (Å²) in [5, 5.41) is 0. The third kappa shape index (κ3) is 2.70. The Hall–Kier alpha value is -1.05. The van der Waals surface area contributed by atoms with Crippen LogP contribution in [-0.2, 0) is 6.42 Å². The molecule has 1 saturated carbocycles. The van der Waals surface area contributed by atoms with Crippen molar-refractivity contribution in [1.29, 1.82) is 0 Å². The van der Waals surface area contributed by atoms with E-state index in [1.54, 1.807) is 6.07 Å². The summed E-state index contributed by atoms with van der Waals surface area (Å²) in [4.78, 5) is 0. The average Bonchev–Trinajstić information content (AvgIpc) is 3.19. The van der Waals surface area contributed by atoms with E-state index in [4.69, 9.17) is 4.74 Å². The molecular formula is C18H25FO. The molecule has 1 aromatic rings. The molecule has 0 heterocycles. The summed E-state index contributed by atoms with van der Waals surface area (Å²) in [6, 6.07) is 3.59. The molecule has 0 spiro atoms. The summed E-state index contributed by atoms with van der Waals surface area (Å²) in [6.07, 6.45) is 5.77. The second-order valence-corrected chi connectivity index (χ2v) is 7.51. The van der Waals surface area contributed by atoms with Gasteiger partial charge in [0.1, 0.15) is 0 Å². The first-order valence-corrected chi connectivity index (χ1v) is 7.91. The first-order valence-electron chi connectivity index (χ1n) is 7.91. The van der Waals surface area contributed by atoms with Gasteiger partial charge in [-0.05, 0) is 61.0 Å². The predicted octanol–water partition coefficient (Wildman–Crippen LogP) is 5.08. The highest BCUT2D eigenvalue weighted by atomic mass is 19.1. The minimum atomic E-state index is -0.182. The Bertz CT molecular complexity index is 497. The van der Waals surface area contributed by atoms with Gasteiger partial charge in [-0.2, -0.15) is 0 Å². The van der Waals surface area contributed by atoms with Crippen LogP contribution in [0, 0.1) is 17.2 Å². The van der Waals surface area contributed by atoms with Crippen molar-refractivity contribution >= 4 is 0 Å². The van der Waals surface area contributed by atoms with Gasteiger partial charge in [-0.25, -0.2) is 4.39 Å². The molecular weight excluding hydrogens is 251 g/mol. The quantitative estimate of drug-likeness (QED) is 0.748. The fourth-order valence-electron chi connectivity index (χ4n) is 3.38. The number of halogens is 1. The zero-order valence-electron chi connectivity index (χ0n) is 12.8. The van der Waals surface area contributed by atoms with E-state index in [2.05, 4.69) is 20.8 Å². The zero-order valence-corrected chi connectivity index (χ0v) is 12.8. The second-order valence-electron chi connectivity index (χ2n) is 7.51. The van der Waals surface area contributed by atoms with E-state index < -0.39 is 0 Å². The van der Waals surface area contributed by atoms with Gasteiger partial charge in [0.2, 0.25) is 0 Å². The second kappa shape index (κ2) is 5.05. The Kier molecular flexibility index (Phi) is 3.51. The maximum Gasteiger partial charge on any atom is 0.165 e. The van der Waals surface area contributed by atoms with Gasteiger partial charge in [-0.3, -0.25) is 0 Å². The van der Waals surface area contributed by atoms with Crippen molar-refractivity contribution in [1.82, 2.24) is 0 Å². The molecule has 0 N–H and O–H groups in total. The van der Waals surface area contributed by atoms with Crippen molar-refractivity contribution in [3.05, 3.63) is 29.1 Å². The summed E-state index contributed by atoms with van der Waals surface area (Å²) in [7, 11) is 0. The number of benzene rings is 1. The summed E-state index contributed by atoms with van der Waals surface area (Å²) in [5.74, 6) is 1.53. The summed E-state index contributed by atoms with van der Waals surface area (Å²) in [5.41, 5.74) is 2.67. The van der Waals surface area contributed by atoms with Crippen LogP contribution in [0.3, 0.4) is 0 Å². The third-order valence-corrected chi connectivity index (χ3v) is 4.75. The fourth-order valence-corrected chi connectivity index (χ4v) is 3.38. The van der Waals surface area contributed by atoms with Crippen molar-refractivity contribution in [3.63, 3.8) is 0 Å². The Labute approximate surface area is 121 Å². The van der Waals surface area contributed by atoms with Crippen LogP contribution in [0.5, 0.6) is 5.75 Å². The van der Waals surface area contributed by atoms with E-state index in [1.165, 1.54) is 24.8 Å². The molecule has 0 aliphatic heterocycles. The molecule has 20 heavy (non-hydrogen) atoms. The van der Waals surface area contributed by atoms with E-state index in [0.29, 0.717) is 24.2 Å². The van der Waals surface area contributed by atoms with Crippen molar-refractivity contribution in [2.24, 2.45) is 11.3 Å². The minimum absolute atomic E-state index is 0.182. The van der Waals surface area contributed by atoms with E-state index in [9.17, 15) is 4.39 Å². The first kappa shape index (κ1) is 13.9. The van der Waals surface area contributed by atoms with Crippen molar-refractivity contribution in [2.75, 3.05) is 6.61 Å². The standard InChI is InChI=1S/C18H25FO/c1-18(2,3)15-6-4-5-14-13(15)9-10-16(19)17(14)20-11-12-7-8-12/h9-10,12,15H,4-8,11H2,1-3H3/t15-/m1/s1. The lowest BCUT2D eigenvalue weighted by atomic mass is 9.69. The number of fused-ring (bicyclic) bond motifs is 1. The summed E-state index contributed by atoms with van der Waals surface area (Å²) in [6.45, 7) is 7.52. The van der Waals surface area contributed by atoms with Crippen LogP contribution in [0.4, 0.5) is 4.39 Å². The maximum absolute atomic E-state index is 14.1. The molecule has 1 nitrogen and oxygen atoms in total. The Morgan fingerprint density at radius 2 is 1.95 bits per heavy atom.